The van der Waals surface area contributed by atoms with Gasteiger partial charge in [0.25, 0.3) is 0 Å². The molecule has 1 saturated heterocycles. The second-order valence-electron chi connectivity index (χ2n) is 8.00. The normalized spacial score (nSPS) is 28.1. The second-order valence-corrected chi connectivity index (χ2v) is 8.00. The zero-order valence-corrected chi connectivity index (χ0v) is 16.1. The number of hydrogen-bond acceptors (Lipinski definition) is 4. The molecule has 1 aliphatic heterocycles. The van der Waals surface area contributed by atoms with Gasteiger partial charge in [-0.1, -0.05) is 12.1 Å². The summed E-state index contributed by atoms with van der Waals surface area (Å²) in [5, 5.41) is 3.58. The molecule has 0 amide bonds. The summed E-state index contributed by atoms with van der Waals surface area (Å²) < 4.78 is 19.2. The highest BCUT2D eigenvalue weighted by Gasteiger charge is 2.42. The first-order valence-corrected chi connectivity index (χ1v) is 9.80. The number of aromatic nitrogens is 1. The topological polar surface area (TPSA) is 37.4 Å². The van der Waals surface area contributed by atoms with Gasteiger partial charge in [0.1, 0.15) is 11.6 Å². The molecule has 4 atom stereocenters. The molecule has 2 heterocycles. The molecule has 1 aromatic heterocycles. The molecule has 0 spiro atoms. The van der Waals surface area contributed by atoms with E-state index in [2.05, 4.69) is 15.2 Å². The van der Waals surface area contributed by atoms with Crippen LogP contribution in [-0.4, -0.2) is 42.2 Å². The lowest BCUT2D eigenvalue weighted by Gasteiger charge is -2.37. The molecule has 27 heavy (non-hydrogen) atoms. The maximum atomic E-state index is 13.4. The SMILES string of the molecule is CO[C@@H]1C[C@H]2CN(Cc3ccc(F)cc3C)C[C@H]2C[C@H]1Nc1ccccn1. The van der Waals surface area contributed by atoms with E-state index < -0.39 is 0 Å². The van der Waals surface area contributed by atoms with Crippen LogP contribution in [0.15, 0.2) is 42.6 Å². The quantitative estimate of drug-likeness (QED) is 0.868. The van der Waals surface area contributed by atoms with Crippen molar-refractivity contribution in [2.45, 2.75) is 38.5 Å². The molecule has 1 N–H and O–H groups in total. The first-order valence-electron chi connectivity index (χ1n) is 9.80. The predicted octanol–water partition coefficient (Wildman–Crippen LogP) is 3.87. The largest absolute Gasteiger partial charge is 0.379 e. The number of rotatable bonds is 5. The number of anilines is 1. The highest BCUT2D eigenvalue weighted by atomic mass is 19.1. The van der Waals surface area contributed by atoms with Crippen LogP contribution in [0, 0.1) is 24.6 Å². The van der Waals surface area contributed by atoms with Crippen LogP contribution in [0.3, 0.4) is 0 Å². The minimum Gasteiger partial charge on any atom is -0.379 e. The summed E-state index contributed by atoms with van der Waals surface area (Å²) in [7, 11) is 1.81. The van der Waals surface area contributed by atoms with Crippen molar-refractivity contribution in [3.05, 3.63) is 59.5 Å². The standard InChI is InChI=1S/C22H28FN3O/c1-15-9-19(23)7-6-16(15)12-26-13-17-10-20(21(27-2)11-18(17)14-26)25-22-5-3-4-8-24-22/h3-9,17-18,20-21H,10-14H2,1-2H3,(H,24,25)/t17-,18+,20-,21-/m1/s1. The average Bonchev–Trinajstić information content (AvgIpc) is 3.05. The summed E-state index contributed by atoms with van der Waals surface area (Å²) in [6, 6.07) is 11.4. The van der Waals surface area contributed by atoms with Gasteiger partial charge in [-0.3, -0.25) is 4.90 Å². The average molecular weight is 369 g/mol. The molecule has 0 bridgehead atoms. The van der Waals surface area contributed by atoms with Crippen molar-refractivity contribution in [1.82, 2.24) is 9.88 Å². The van der Waals surface area contributed by atoms with Crippen LogP contribution in [-0.2, 0) is 11.3 Å². The van der Waals surface area contributed by atoms with Crippen molar-refractivity contribution < 1.29 is 9.13 Å². The minimum atomic E-state index is -0.155. The summed E-state index contributed by atoms with van der Waals surface area (Å²) in [5.74, 6) is 2.09. The molecule has 0 radical (unpaired) electrons. The smallest absolute Gasteiger partial charge is 0.126 e. The van der Waals surface area contributed by atoms with Crippen molar-refractivity contribution in [2.75, 3.05) is 25.5 Å². The summed E-state index contributed by atoms with van der Waals surface area (Å²) in [4.78, 5) is 6.93. The summed E-state index contributed by atoms with van der Waals surface area (Å²) in [6.45, 7) is 5.08. The Morgan fingerprint density at radius 3 is 2.70 bits per heavy atom. The zero-order valence-electron chi connectivity index (χ0n) is 16.1. The number of nitrogens with one attached hydrogen (secondary N) is 1. The summed E-state index contributed by atoms with van der Waals surface area (Å²) >= 11 is 0. The van der Waals surface area contributed by atoms with Crippen LogP contribution in [0.5, 0.6) is 0 Å². The Labute approximate surface area is 160 Å². The van der Waals surface area contributed by atoms with E-state index in [0.717, 1.165) is 43.9 Å². The molecule has 4 rings (SSSR count). The fraction of sp³-hybridized carbons (Fsp3) is 0.500. The van der Waals surface area contributed by atoms with Crippen LogP contribution < -0.4 is 5.32 Å². The number of likely N-dealkylation sites (tertiary alicyclic amines) is 1. The van der Waals surface area contributed by atoms with Gasteiger partial charge in [-0.2, -0.15) is 0 Å². The molecule has 2 aliphatic rings. The van der Waals surface area contributed by atoms with Crippen molar-refractivity contribution in [3.8, 4) is 0 Å². The van der Waals surface area contributed by atoms with Gasteiger partial charge in [-0.05, 0) is 67.0 Å². The Morgan fingerprint density at radius 1 is 1.19 bits per heavy atom. The van der Waals surface area contributed by atoms with E-state index in [1.807, 2.05) is 44.5 Å². The maximum absolute atomic E-state index is 13.4. The lowest BCUT2D eigenvalue weighted by molar-refractivity contribution is 0.0304. The number of nitrogens with zero attached hydrogens (tertiary/aromatic N) is 2. The highest BCUT2D eigenvalue weighted by molar-refractivity contribution is 5.35. The van der Waals surface area contributed by atoms with Crippen LogP contribution in [0.25, 0.3) is 0 Å². The number of methoxy groups -OCH3 is 1. The van der Waals surface area contributed by atoms with Gasteiger partial charge in [0.2, 0.25) is 0 Å². The third kappa shape index (κ3) is 4.14. The lowest BCUT2D eigenvalue weighted by Crippen LogP contribution is -2.44. The molecule has 1 aliphatic carbocycles. The van der Waals surface area contributed by atoms with Crippen molar-refractivity contribution in [2.24, 2.45) is 11.8 Å². The third-order valence-electron chi connectivity index (χ3n) is 6.19. The van der Waals surface area contributed by atoms with E-state index >= 15 is 0 Å². The van der Waals surface area contributed by atoms with Crippen molar-refractivity contribution in [1.29, 1.82) is 0 Å². The first-order chi connectivity index (χ1) is 13.1. The number of fused-ring (bicyclic) bond motifs is 1. The van der Waals surface area contributed by atoms with Gasteiger partial charge in [-0.25, -0.2) is 9.37 Å². The predicted molar refractivity (Wildman–Crippen MR) is 105 cm³/mol. The minimum absolute atomic E-state index is 0.155. The molecule has 144 valence electrons. The molecule has 5 heteroatoms. The Balaban J connectivity index is 1.41. The van der Waals surface area contributed by atoms with Crippen LogP contribution in [0.1, 0.15) is 24.0 Å². The van der Waals surface area contributed by atoms with E-state index in [4.69, 9.17) is 4.74 Å². The van der Waals surface area contributed by atoms with Crippen LogP contribution in [0.4, 0.5) is 10.2 Å². The Morgan fingerprint density at radius 2 is 2.00 bits per heavy atom. The maximum Gasteiger partial charge on any atom is 0.126 e. The molecule has 2 aromatic rings. The third-order valence-corrected chi connectivity index (χ3v) is 6.19. The van der Waals surface area contributed by atoms with Gasteiger partial charge >= 0.3 is 0 Å². The Bertz CT molecular complexity index is 769. The fourth-order valence-electron chi connectivity index (χ4n) is 4.77. The van der Waals surface area contributed by atoms with Gasteiger partial charge in [0.05, 0.1) is 12.1 Å². The summed E-state index contributed by atoms with van der Waals surface area (Å²) in [5.41, 5.74) is 2.26. The van der Waals surface area contributed by atoms with E-state index in [1.54, 1.807) is 12.1 Å². The summed E-state index contributed by atoms with van der Waals surface area (Å²) in [6.07, 6.45) is 4.20. The first kappa shape index (κ1) is 18.4. The van der Waals surface area contributed by atoms with Crippen molar-refractivity contribution in [3.63, 3.8) is 0 Å². The number of halogens is 1. The number of hydrogen-bond donors (Lipinski definition) is 1. The monoisotopic (exact) mass is 369 g/mol. The number of pyridine rings is 1. The van der Waals surface area contributed by atoms with Crippen LogP contribution in [0.2, 0.25) is 0 Å². The Kier molecular flexibility index (Phi) is 5.41. The van der Waals surface area contributed by atoms with Gasteiger partial charge in [0, 0.05) is 32.9 Å². The molecule has 2 fully saturated rings. The number of ether oxygens (including phenoxy) is 1. The van der Waals surface area contributed by atoms with Gasteiger partial charge < -0.3 is 10.1 Å². The van der Waals surface area contributed by atoms with Gasteiger partial charge in [-0.15, -0.1) is 0 Å². The Hall–Kier alpha value is -1.98. The molecule has 4 nitrogen and oxygen atoms in total. The van der Waals surface area contributed by atoms with E-state index in [1.165, 1.54) is 5.56 Å². The molecule has 1 saturated carbocycles. The van der Waals surface area contributed by atoms with E-state index in [-0.39, 0.29) is 11.9 Å². The van der Waals surface area contributed by atoms with E-state index in [9.17, 15) is 4.39 Å². The molecular weight excluding hydrogens is 341 g/mol. The zero-order chi connectivity index (χ0) is 18.8. The molecular formula is C22H28FN3O. The fourth-order valence-corrected chi connectivity index (χ4v) is 4.77. The van der Waals surface area contributed by atoms with Crippen LogP contribution >= 0.6 is 0 Å². The number of aryl methyl sites for hydroxylation is 1. The van der Waals surface area contributed by atoms with Gasteiger partial charge in [0.15, 0.2) is 0 Å². The van der Waals surface area contributed by atoms with E-state index in [0.29, 0.717) is 17.9 Å². The second kappa shape index (κ2) is 7.95. The number of benzene rings is 1. The highest BCUT2D eigenvalue weighted by Crippen LogP contribution is 2.39. The molecule has 0 unspecified atom stereocenters. The van der Waals surface area contributed by atoms with Crippen molar-refractivity contribution >= 4 is 5.82 Å². The lowest BCUT2D eigenvalue weighted by atomic mass is 9.77. The molecule has 1 aromatic carbocycles.